The second-order valence-corrected chi connectivity index (χ2v) is 6.31. The van der Waals surface area contributed by atoms with Gasteiger partial charge < -0.3 is 5.32 Å². The quantitative estimate of drug-likeness (QED) is 0.520. The Kier molecular flexibility index (Phi) is 5.70. The molecular formula is C18H13F3N4OS. The van der Waals surface area contributed by atoms with E-state index in [1.165, 1.54) is 6.20 Å². The van der Waals surface area contributed by atoms with Crippen LogP contribution in [0.3, 0.4) is 0 Å². The Bertz CT molecular complexity index is 921. The lowest BCUT2D eigenvalue weighted by atomic mass is 10.1. The van der Waals surface area contributed by atoms with E-state index in [2.05, 4.69) is 20.3 Å². The molecule has 0 unspecified atom stereocenters. The van der Waals surface area contributed by atoms with Gasteiger partial charge in [0.25, 0.3) is 0 Å². The van der Waals surface area contributed by atoms with E-state index in [9.17, 15) is 18.0 Å². The predicted molar refractivity (Wildman–Crippen MR) is 96.1 cm³/mol. The number of rotatable bonds is 5. The number of nitrogens with one attached hydrogen (secondary N) is 1. The minimum atomic E-state index is -4.61. The molecule has 9 heteroatoms. The molecule has 0 fully saturated rings. The summed E-state index contributed by atoms with van der Waals surface area (Å²) in [5.41, 5.74) is 0.129. The third kappa shape index (κ3) is 5.27. The molecule has 138 valence electrons. The molecule has 3 aromatic rings. The number of carbonyl (C=O) groups is 1. The number of benzene rings is 1. The SMILES string of the molecule is O=C(CSc1nc(-c2ccccc2)cc(C(F)(F)F)n1)Nc1cccnc1. The van der Waals surface area contributed by atoms with Crippen molar-refractivity contribution in [2.24, 2.45) is 0 Å². The molecule has 0 saturated heterocycles. The second-order valence-electron chi connectivity index (χ2n) is 5.36. The summed E-state index contributed by atoms with van der Waals surface area (Å²) in [7, 11) is 0. The maximum atomic E-state index is 13.2. The van der Waals surface area contributed by atoms with Gasteiger partial charge in [-0.05, 0) is 18.2 Å². The monoisotopic (exact) mass is 390 g/mol. The summed E-state index contributed by atoms with van der Waals surface area (Å²) in [5.74, 6) is -0.528. The molecule has 0 saturated carbocycles. The molecule has 1 N–H and O–H groups in total. The highest BCUT2D eigenvalue weighted by molar-refractivity contribution is 7.99. The van der Waals surface area contributed by atoms with Gasteiger partial charge in [0.2, 0.25) is 5.91 Å². The van der Waals surface area contributed by atoms with Crippen molar-refractivity contribution in [1.82, 2.24) is 15.0 Å². The van der Waals surface area contributed by atoms with Crippen LogP contribution in [0.4, 0.5) is 18.9 Å². The van der Waals surface area contributed by atoms with E-state index in [0.717, 1.165) is 17.8 Å². The smallest absolute Gasteiger partial charge is 0.324 e. The molecule has 5 nitrogen and oxygen atoms in total. The Labute approximate surface area is 157 Å². The molecule has 0 aliphatic heterocycles. The van der Waals surface area contributed by atoms with Crippen LogP contribution in [0.2, 0.25) is 0 Å². The first-order valence-corrected chi connectivity index (χ1v) is 8.75. The van der Waals surface area contributed by atoms with Gasteiger partial charge in [-0.1, -0.05) is 42.1 Å². The highest BCUT2D eigenvalue weighted by Crippen LogP contribution is 2.31. The molecule has 0 radical (unpaired) electrons. The highest BCUT2D eigenvalue weighted by Gasteiger charge is 2.33. The molecule has 0 atom stereocenters. The first-order valence-electron chi connectivity index (χ1n) is 7.76. The van der Waals surface area contributed by atoms with E-state index in [-0.39, 0.29) is 16.6 Å². The minimum absolute atomic E-state index is 0.120. The number of nitrogens with zero attached hydrogens (tertiary/aromatic N) is 3. The lowest BCUT2D eigenvalue weighted by molar-refractivity contribution is -0.141. The third-order valence-corrected chi connectivity index (χ3v) is 4.19. The Morgan fingerprint density at radius 1 is 1.07 bits per heavy atom. The number of pyridine rings is 1. The lowest BCUT2D eigenvalue weighted by Gasteiger charge is -2.10. The highest BCUT2D eigenvalue weighted by atomic mass is 32.2. The van der Waals surface area contributed by atoms with Crippen LogP contribution < -0.4 is 5.32 Å². The number of hydrogen-bond donors (Lipinski definition) is 1. The van der Waals surface area contributed by atoms with E-state index < -0.39 is 17.8 Å². The van der Waals surface area contributed by atoms with Gasteiger partial charge in [0.1, 0.15) is 5.69 Å². The maximum Gasteiger partial charge on any atom is 0.433 e. The Hall–Kier alpha value is -2.94. The van der Waals surface area contributed by atoms with Gasteiger partial charge in [-0.25, -0.2) is 9.97 Å². The maximum absolute atomic E-state index is 13.2. The number of aromatic nitrogens is 3. The van der Waals surface area contributed by atoms with Crippen molar-refractivity contribution in [1.29, 1.82) is 0 Å². The zero-order valence-electron chi connectivity index (χ0n) is 13.8. The van der Waals surface area contributed by atoms with Crippen molar-refractivity contribution in [3.05, 3.63) is 66.6 Å². The minimum Gasteiger partial charge on any atom is -0.324 e. The molecule has 1 aromatic carbocycles. The molecule has 0 spiro atoms. The Morgan fingerprint density at radius 2 is 1.85 bits per heavy atom. The summed E-state index contributed by atoms with van der Waals surface area (Å²) >= 11 is 0.832. The number of halogens is 3. The fourth-order valence-electron chi connectivity index (χ4n) is 2.16. The molecule has 3 rings (SSSR count). The zero-order valence-corrected chi connectivity index (χ0v) is 14.6. The summed E-state index contributed by atoms with van der Waals surface area (Å²) in [6, 6.07) is 12.7. The average molecular weight is 390 g/mol. The lowest BCUT2D eigenvalue weighted by Crippen LogP contribution is -2.15. The average Bonchev–Trinajstić information content (AvgIpc) is 2.67. The number of anilines is 1. The van der Waals surface area contributed by atoms with Gasteiger partial charge >= 0.3 is 6.18 Å². The topological polar surface area (TPSA) is 67.8 Å². The van der Waals surface area contributed by atoms with E-state index in [1.54, 1.807) is 48.7 Å². The number of hydrogen-bond acceptors (Lipinski definition) is 5. The summed E-state index contributed by atoms with van der Waals surface area (Å²) in [6.07, 6.45) is -1.58. The van der Waals surface area contributed by atoms with E-state index in [4.69, 9.17) is 0 Å². The van der Waals surface area contributed by atoms with E-state index >= 15 is 0 Å². The van der Waals surface area contributed by atoms with Crippen LogP contribution in [0.15, 0.2) is 66.1 Å². The molecule has 0 bridgehead atoms. The van der Waals surface area contributed by atoms with Gasteiger partial charge in [0.15, 0.2) is 5.16 Å². The summed E-state index contributed by atoms with van der Waals surface area (Å²) in [4.78, 5) is 23.6. The van der Waals surface area contributed by atoms with Gasteiger partial charge in [-0.15, -0.1) is 0 Å². The van der Waals surface area contributed by atoms with Crippen molar-refractivity contribution >= 4 is 23.4 Å². The van der Waals surface area contributed by atoms with Gasteiger partial charge in [0, 0.05) is 11.8 Å². The Morgan fingerprint density at radius 3 is 2.52 bits per heavy atom. The number of thioether (sulfide) groups is 1. The third-order valence-electron chi connectivity index (χ3n) is 3.34. The molecular weight excluding hydrogens is 377 g/mol. The molecule has 0 aliphatic rings. The van der Waals surface area contributed by atoms with Gasteiger partial charge in [-0.2, -0.15) is 13.2 Å². The van der Waals surface area contributed by atoms with Crippen LogP contribution in [0, 0.1) is 0 Å². The normalized spacial score (nSPS) is 11.2. The van der Waals surface area contributed by atoms with Gasteiger partial charge in [0.05, 0.1) is 23.3 Å². The molecule has 1 amide bonds. The molecule has 27 heavy (non-hydrogen) atoms. The first-order chi connectivity index (χ1) is 12.9. The van der Waals surface area contributed by atoms with Gasteiger partial charge in [-0.3, -0.25) is 9.78 Å². The van der Waals surface area contributed by atoms with Crippen molar-refractivity contribution in [2.75, 3.05) is 11.1 Å². The second kappa shape index (κ2) is 8.17. The van der Waals surface area contributed by atoms with Crippen molar-refractivity contribution in [3.63, 3.8) is 0 Å². The zero-order chi connectivity index (χ0) is 19.3. The number of amides is 1. The molecule has 2 heterocycles. The standard InChI is InChI=1S/C18H13F3N4OS/c19-18(20,21)15-9-14(12-5-2-1-3-6-12)24-17(25-15)27-11-16(26)23-13-7-4-8-22-10-13/h1-10H,11H2,(H,23,26). The van der Waals surface area contributed by atoms with Crippen molar-refractivity contribution in [2.45, 2.75) is 11.3 Å². The fourth-order valence-corrected chi connectivity index (χ4v) is 2.81. The van der Waals surface area contributed by atoms with Crippen LogP contribution in [0.1, 0.15) is 5.69 Å². The van der Waals surface area contributed by atoms with Crippen molar-refractivity contribution < 1.29 is 18.0 Å². The summed E-state index contributed by atoms with van der Waals surface area (Å²) in [6.45, 7) is 0. The van der Waals surface area contributed by atoms with Crippen LogP contribution in [0.5, 0.6) is 0 Å². The van der Waals surface area contributed by atoms with Crippen LogP contribution in [0.25, 0.3) is 11.3 Å². The predicted octanol–water partition coefficient (Wildman–Crippen LogP) is 4.29. The van der Waals surface area contributed by atoms with Crippen molar-refractivity contribution in [3.8, 4) is 11.3 Å². The Balaban J connectivity index is 1.79. The fraction of sp³-hybridized carbons (Fsp3) is 0.111. The molecule has 0 aliphatic carbocycles. The van der Waals surface area contributed by atoms with Crippen LogP contribution in [-0.2, 0) is 11.0 Å². The summed E-state index contributed by atoms with van der Waals surface area (Å²) in [5, 5.41) is 2.48. The largest absolute Gasteiger partial charge is 0.433 e. The van der Waals surface area contributed by atoms with Crippen LogP contribution >= 0.6 is 11.8 Å². The first kappa shape index (κ1) is 18.8. The summed E-state index contributed by atoms with van der Waals surface area (Å²) < 4.78 is 39.5. The van der Waals surface area contributed by atoms with E-state index in [1.807, 2.05) is 0 Å². The van der Waals surface area contributed by atoms with Crippen LogP contribution in [-0.4, -0.2) is 26.6 Å². The van der Waals surface area contributed by atoms with E-state index in [0.29, 0.717) is 11.3 Å². The molecule has 2 aromatic heterocycles. The number of carbonyl (C=O) groups excluding carboxylic acids is 1. The number of alkyl halides is 3.